The highest BCUT2D eigenvalue weighted by Gasteiger charge is 2.72. The quantitative estimate of drug-likeness (QED) is 0.242. The van der Waals surface area contributed by atoms with Crippen LogP contribution < -0.4 is 9.47 Å². The molecule has 178 valence electrons. The molecule has 8 nitrogen and oxygen atoms in total. The van der Waals surface area contributed by atoms with Gasteiger partial charge in [0.15, 0.2) is 26.4 Å². The number of benzene rings is 1. The average molecular weight is 794 g/mol. The van der Waals surface area contributed by atoms with Gasteiger partial charge in [-0.2, -0.15) is 0 Å². The molecule has 1 saturated heterocycles. The summed E-state index contributed by atoms with van der Waals surface area (Å²) in [5, 5.41) is 0. The molecule has 0 aromatic heterocycles. The van der Waals surface area contributed by atoms with Crippen LogP contribution in [0.3, 0.4) is 0 Å². The molecule has 5 rings (SSSR count). The predicted molar refractivity (Wildman–Crippen MR) is 142 cm³/mol. The molecule has 0 spiro atoms. The standard InChI is InChI=1S/C22H21I3O8/c1-27-15-4-10(5-16(28-2)18(15)29-3)17-11-6-13-14(32-9-31-13)7-12(11)19(33-25)21(23)8-30-20(26)22(17,21)24/h4,6-7,16-17,19H,5,8-9H2,1-3H3/t16?,17-,19+,21-,22-/m1/s1. The lowest BCUT2D eigenvalue weighted by molar-refractivity contribution is -0.139. The number of allylic oxidation sites excluding steroid dienone is 1. The summed E-state index contributed by atoms with van der Waals surface area (Å²) in [6, 6.07) is 3.94. The van der Waals surface area contributed by atoms with Crippen molar-refractivity contribution < 1.29 is 36.3 Å². The Kier molecular flexibility index (Phi) is 6.49. The van der Waals surface area contributed by atoms with E-state index in [-0.39, 0.29) is 31.4 Å². The summed E-state index contributed by atoms with van der Waals surface area (Å²) in [6.45, 7) is 0.401. The van der Waals surface area contributed by atoms with Gasteiger partial charge in [0.2, 0.25) is 6.79 Å². The molecule has 1 aromatic carbocycles. The second-order valence-electron chi connectivity index (χ2n) is 8.17. The third-order valence-electron chi connectivity index (χ3n) is 6.76. The van der Waals surface area contributed by atoms with Gasteiger partial charge < -0.3 is 31.5 Å². The number of ether oxygens (including phenoxy) is 6. The molecule has 2 heterocycles. The molecule has 0 N–H and O–H groups in total. The first-order chi connectivity index (χ1) is 15.8. The van der Waals surface area contributed by atoms with Gasteiger partial charge >= 0.3 is 5.97 Å². The minimum Gasteiger partial charge on any atom is -0.494 e. The van der Waals surface area contributed by atoms with Gasteiger partial charge in [0.1, 0.15) is 45.2 Å². The van der Waals surface area contributed by atoms with E-state index in [0.717, 1.165) is 16.7 Å². The fraction of sp³-hybridized carbons (Fsp3) is 0.500. The molecule has 1 unspecified atom stereocenters. The summed E-state index contributed by atoms with van der Waals surface area (Å²) in [5.41, 5.74) is 2.88. The zero-order valence-corrected chi connectivity index (χ0v) is 24.5. The van der Waals surface area contributed by atoms with Crippen molar-refractivity contribution in [3.05, 3.63) is 46.4 Å². The lowest BCUT2D eigenvalue weighted by atomic mass is 9.64. The maximum Gasteiger partial charge on any atom is 0.324 e. The van der Waals surface area contributed by atoms with Crippen molar-refractivity contribution in [2.45, 2.75) is 31.4 Å². The fourth-order valence-electron chi connectivity index (χ4n) is 5.21. The largest absolute Gasteiger partial charge is 0.494 e. The highest BCUT2D eigenvalue weighted by atomic mass is 127. The summed E-state index contributed by atoms with van der Waals surface area (Å²) in [4.78, 5) is 13.4. The van der Waals surface area contributed by atoms with E-state index in [2.05, 4.69) is 45.2 Å². The number of carbonyl (C=O) groups excluding carboxylic acids is 1. The van der Waals surface area contributed by atoms with Crippen molar-refractivity contribution in [2.24, 2.45) is 0 Å². The van der Waals surface area contributed by atoms with E-state index in [1.807, 2.05) is 41.2 Å². The number of rotatable bonds is 5. The van der Waals surface area contributed by atoms with E-state index in [4.69, 9.17) is 31.5 Å². The second-order valence-corrected chi connectivity index (χ2v) is 12.3. The van der Waals surface area contributed by atoms with Crippen LogP contribution in [0, 0.1) is 0 Å². The van der Waals surface area contributed by atoms with Crippen molar-refractivity contribution >= 4 is 74.2 Å². The van der Waals surface area contributed by atoms with Crippen molar-refractivity contribution in [3.8, 4) is 11.5 Å². The van der Waals surface area contributed by atoms with Crippen LogP contribution in [0.15, 0.2) is 35.3 Å². The second kappa shape index (κ2) is 8.85. The van der Waals surface area contributed by atoms with Crippen LogP contribution in [0.1, 0.15) is 29.6 Å². The molecule has 5 atom stereocenters. The third kappa shape index (κ3) is 3.34. The number of alkyl halides is 2. The molecular formula is C22H21I3O8. The van der Waals surface area contributed by atoms with E-state index in [1.54, 1.807) is 21.3 Å². The molecule has 1 fully saturated rings. The number of hydrogen-bond acceptors (Lipinski definition) is 8. The van der Waals surface area contributed by atoms with Crippen molar-refractivity contribution in [1.29, 1.82) is 0 Å². The Morgan fingerprint density at radius 2 is 1.73 bits per heavy atom. The van der Waals surface area contributed by atoms with E-state index >= 15 is 0 Å². The molecule has 0 amide bonds. The highest BCUT2D eigenvalue weighted by molar-refractivity contribution is 14.1. The normalized spacial score (nSPS) is 34.4. The summed E-state index contributed by atoms with van der Waals surface area (Å²) < 4.78 is 38.5. The Hall–Kier alpha value is -0.520. The molecule has 0 radical (unpaired) electrons. The summed E-state index contributed by atoms with van der Waals surface area (Å²) in [6.07, 6.45) is 1.76. The average Bonchev–Trinajstić information content (AvgIpc) is 3.37. The SMILES string of the molecule is COC1=C(OC)C(OC)CC([C@@H]2c3cc4c(cc3[C@H](OI)[C@]3(I)COC(=O)[C@]23I)OCO4)=C1. The monoisotopic (exact) mass is 794 g/mol. The lowest BCUT2D eigenvalue weighted by Gasteiger charge is -2.49. The van der Waals surface area contributed by atoms with Crippen LogP contribution in [0.4, 0.5) is 0 Å². The summed E-state index contributed by atoms with van der Waals surface area (Å²) in [5.74, 6) is 1.92. The van der Waals surface area contributed by atoms with Gasteiger partial charge in [-0.05, 0) is 29.3 Å². The van der Waals surface area contributed by atoms with Gasteiger partial charge in [-0.25, -0.2) is 0 Å². The van der Waals surface area contributed by atoms with Crippen LogP contribution in [-0.2, 0) is 26.8 Å². The van der Waals surface area contributed by atoms with Gasteiger partial charge in [-0.15, -0.1) is 0 Å². The lowest BCUT2D eigenvalue weighted by Crippen LogP contribution is -2.57. The Balaban J connectivity index is 1.78. The molecule has 33 heavy (non-hydrogen) atoms. The van der Waals surface area contributed by atoms with E-state index in [0.29, 0.717) is 29.4 Å². The maximum absolute atomic E-state index is 13.4. The number of fused-ring (bicyclic) bond motifs is 3. The van der Waals surface area contributed by atoms with E-state index < -0.39 is 12.9 Å². The van der Waals surface area contributed by atoms with Gasteiger partial charge in [-0.3, -0.25) is 4.79 Å². The Morgan fingerprint density at radius 3 is 2.33 bits per heavy atom. The van der Waals surface area contributed by atoms with Gasteiger partial charge in [0, 0.05) is 19.4 Å². The first-order valence-corrected chi connectivity index (χ1v) is 13.2. The Morgan fingerprint density at radius 1 is 1.03 bits per heavy atom. The minimum atomic E-state index is -0.935. The number of esters is 1. The number of carbonyl (C=O) groups is 1. The molecule has 0 saturated carbocycles. The first kappa shape index (κ1) is 24.2. The van der Waals surface area contributed by atoms with E-state index in [9.17, 15) is 4.79 Å². The zero-order valence-electron chi connectivity index (χ0n) is 18.0. The van der Waals surface area contributed by atoms with Crippen molar-refractivity contribution in [3.63, 3.8) is 0 Å². The number of methoxy groups -OCH3 is 3. The van der Waals surface area contributed by atoms with Gasteiger partial charge in [-0.1, -0.05) is 50.8 Å². The molecule has 4 aliphatic rings. The van der Waals surface area contributed by atoms with Crippen LogP contribution in [0.5, 0.6) is 11.5 Å². The first-order valence-electron chi connectivity index (χ1n) is 10.1. The van der Waals surface area contributed by atoms with Crippen molar-refractivity contribution in [2.75, 3.05) is 34.7 Å². The molecule has 11 heteroatoms. The number of hydrogen-bond donors (Lipinski definition) is 0. The number of cyclic esters (lactones) is 1. The van der Waals surface area contributed by atoms with Gasteiger partial charge in [0.05, 0.1) is 14.2 Å². The van der Waals surface area contributed by atoms with Crippen LogP contribution in [0.2, 0.25) is 0 Å². The molecule has 2 aliphatic carbocycles. The Bertz CT molecular complexity index is 1070. The Labute approximate surface area is 232 Å². The smallest absolute Gasteiger partial charge is 0.324 e. The van der Waals surface area contributed by atoms with Crippen molar-refractivity contribution in [1.82, 2.24) is 0 Å². The van der Waals surface area contributed by atoms with Crippen LogP contribution in [0.25, 0.3) is 0 Å². The predicted octanol–water partition coefficient (Wildman–Crippen LogP) is 4.67. The third-order valence-corrected chi connectivity index (χ3v) is 12.1. The van der Waals surface area contributed by atoms with Gasteiger partial charge in [0.25, 0.3) is 0 Å². The minimum absolute atomic E-state index is 0.160. The molecule has 2 aliphatic heterocycles. The molecule has 0 bridgehead atoms. The van der Waals surface area contributed by atoms with Crippen LogP contribution >= 0.6 is 68.2 Å². The maximum atomic E-state index is 13.4. The number of halogens is 3. The van der Waals surface area contributed by atoms with E-state index in [1.165, 1.54) is 0 Å². The fourth-order valence-corrected chi connectivity index (χ4v) is 8.88. The topological polar surface area (TPSA) is 81.7 Å². The molecule has 1 aromatic rings. The summed E-state index contributed by atoms with van der Waals surface area (Å²) in [7, 11) is 4.83. The highest BCUT2D eigenvalue weighted by Crippen LogP contribution is 2.67. The zero-order chi connectivity index (χ0) is 23.5. The van der Waals surface area contributed by atoms with Crippen LogP contribution in [-0.4, -0.2) is 53.6 Å². The summed E-state index contributed by atoms with van der Waals surface area (Å²) >= 11 is 6.54. The molecular weight excluding hydrogens is 773 g/mol.